The van der Waals surface area contributed by atoms with Crippen molar-refractivity contribution < 1.29 is 0 Å². The summed E-state index contributed by atoms with van der Waals surface area (Å²) in [5.41, 5.74) is 0. The Balaban J connectivity index is 1.94. The number of rotatable bonds is 8. The second-order valence-corrected chi connectivity index (χ2v) is 6.45. The maximum absolute atomic E-state index is 6.03. The average Bonchev–Trinajstić information content (AvgIpc) is 2.87. The van der Waals surface area contributed by atoms with Crippen LogP contribution >= 0.6 is 23.4 Å². The van der Waals surface area contributed by atoms with Crippen molar-refractivity contribution in [3.63, 3.8) is 0 Å². The molecule has 1 aromatic heterocycles. The maximum Gasteiger partial charge on any atom is 0.138 e. The maximum atomic E-state index is 6.03. The van der Waals surface area contributed by atoms with Crippen molar-refractivity contribution in [1.82, 2.24) is 20.1 Å². The van der Waals surface area contributed by atoms with Gasteiger partial charge in [-0.2, -0.15) is 5.10 Å². The molecule has 0 amide bonds. The van der Waals surface area contributed by atoms with Gasteiger partial charge in [-0.25, -0.2) is 4.98 Å². The van der Waals surface area contributed by atoms with Gasteiger partial charge in [0.15, 0.2) is 0 Å². The van der Waals surface area contributed by atoms with Gasteiger partial charge in [0.25, 0.3) is 0 Å². The van der Waals surface area contributed by atoms with E-state index < -0.39 is 0 Å². The molecule has 0 saturated heterocycles. The van der Waals surface area contributed by atoms with Crippen molar-refractivity contribution in [2.45, 2.75) is 30.7 Å². The molecule has 6 heteroatoms. The summed E-state index contributed by atoms with van der Waals surface area (Å²) in [6, 6.07) is 8.36. The molecule has 1 aromatic carbocycles. The molecular formula is C15H21ClN4S. The van der Waals surface area contributed by atoms with E-state index in [1.807, 2.05) is 41.7 Å². The van der Waals surface area contributed by atoms with Gasteiger partial charge < -0.3 is 5.32 Å². The minimum atomic E-state index is 0.372. The number of halogens is 1. The van der Waals surface area contributed by atoms with E-state index in [1.165, 1.54) is 4.90 Å². The highest BCUT2D eigenvalue weighted by molar-refractivity contribution is 7.99. The second-order valence-electron chi connectivity index (χ2n) is 4.92. The second kappa shape index (κ2) is 8.41. The standard InChI is InChI=1S/C15H21ClN4S/c1-3-7-17-13(9-15-18-11-19-20(15)2)10-21-14-6-4-5-12(16)8-14/h4-6,8,11,13,17H,3,7,9-10H2,1-2H3. The molecule has 1 atom stereocenters. The van der Waals surface area contributed by atoms with Crippen LogP contribution in [0.3, 0.4) is 0 Å². The summed E-state index contributed by atoms with van der Waals surface area (Å²) in [5.74, 6) is 1.99. The van der Waals surface area contributed by atoms with Crippen LogP contribution in [0.1, 0.15) is 19.2 Å². The third-order valence-electron chi connectivity index (χ3n) is 3.16. The van der Waals surface area contributed by atoms with Crippen LogP contribution in [0.15, 0.2) is 35.5 Å². The number of aryl methyl sites for hydroxylation is 1. The van der Waals surface area contributed by atoms with Gasteiger partial charge in [-0.3, -0.25) is 4.68 Å². The topological polar surface area (TPSA) is 42.7 Å². The lowest BCUT2D eigenvalue weighted by atomic mass is 10.2. The van der Waals surface area contributed by atoms with Crippen LogP contribution in [0.5, 0.6) is 0 Å². The molecule has 0 aliphatic carbocycles. The van der Waals surface area contributed by atoms with Gasteiger partial charge in [0.1, 0.15) is 12.2 Å². The number of nitrogens with zero attached hydrogens (tertiary/aromatic N) is 3. The number of benzene rings is 1. The summed E-state index contributed by atoms with van der Waals surface area (Å²) < 4.78 is 1.84. The number of aromatic nitrogens is 3. The Morgan fingerprint density at radius 3 is 2.95 bits per heavy atom. The quantitative estimate of drug-likeness (QED) is 0.757. The molecule has 0 aliphatic heterocycles. The van der Waals surface area contributed by atoms with Crippen molar-refractivity contribution in [1.29, 1.82) is 0 Å². The smallest absolute Gasteiger partial charge is 0.138 e. The van der Waals surface area contributed by atoms with Gasteiger partial charge in [-0.05, 0) is 31.2 Å². The molecule has 0 radical (unpaired) electrons. The number of thioether (sulfide) groups is 1. The molecule has 1 unspecified atom stereocenters. The van der Waals surface area contributed by atoms with Crippen molar-refractivity contribution in [3.05, 3.63) is 41.4 Å². The molecule has 4 nitrogen and oxygen atoms in total. The number of hydrogen-bond donors (Lipinski definition) is 1. The van der Waals surface area contributed by atoms with E-state index in [9.17, 15) is 0 Å². The normalized spacial score (nSPS) is 12.5. The molecule has 0 saturated carbocycles. The summed E-state index contributed by atoms with van der Waals surface area (Å²) in [7, 11) is 1.93. The van der Waals surface area contributed by atoms with E-state index in [0.717, 1.165) is 36.0 Å². The summed E-state index contributed by atoms with van der Waals surface area (Å²) in [6.45, 7) is 3.19. The van der Waals surface area contributed by atoms with Gasteiger partial charge in [-0.15, -0.1) is 11.8 Å². The summed E-state index contributed by atoms with van der Waals surface area (Å²) in [5, 5.41) is 8.50. The monoisotopic (exact) mass is 324 g/mol. The lowest BCUT2D eigenvalue weighted by molar-refractivity contribution is 0.526. The van der Waals surface area contributed by atoms with Crippen LogP contribution in [0.4, 0.5) is 0 Å². The molecular weight excluding hydrogens is 304 g/mol. The first-order valence-corrected chi connectivity index (χ1v) is 8.50. The van der Waals surface area contributed by atoms with E-state index in [2.05, 4.69) is 28.4 Å². The van der Waals surface area contributed by atoms with E-state index in [4.69, 9.17) is 11.6 Å². The van der Waals surface area contributed by atoms with E-state index in [1.54, 1.807) is 6.33 Å². The molecule has 1 heterocycles. The van der Waals surface area contributed by atoms with Crippen molar-refractivity contribution in [2.24, 2.45) is 7.05 Å². The molecule has 2 rings (SSSR count). The zero-order chi connectivity index (χ0) is 15.1. The van der Waals surface area contributed by atoms with Crippen LogP contribution in [-0.4, -0.2) is 33.1 Å². The Bertz CT molecular complexity index is 558. The first kappa shape index (κ1) is 16.3. The highest BCUT2D eigenvalue weighted by Crippen LogP contribution is 2.22. The molecule has 21 heavy (non-hydrogen) atoms. The predicted molar refractivity (Wildman–Crippen MR) is 89.0 cm³/mol. The van der Waals surface area contributed by atoms with Gasteiger partial charge in [0, 0.05) is 35.2 Å². The fourth-order valence-corrected chi connectivity index (χ4v) is 3.29. The lowest BCUT2D eigenvalue weighted by Gasteiger charge is -2.17. The number of nitrogens with one attached hydrogen (secondary N) is 1. The van der Waals surface area contributed by atoms with Crippen molar-refractivity contribution in [2.75, 3.05) is 12.3 Å². The molecule has 2 aromatic rings. The minimum absolute atomic E-state index is 0.372. The van der Waals surface area contributed by atoms with E-state index >= 15 is 0 Å². The Morgan fingerprint density at radius 1 is 1.43 bits per heavy atom. The molecule has 0 fully saturated rings. The zero-order valence-corrected chi connectivity index (χ0v) is 14.0. The third-order valence-corrected chi connectivity index (χ3v) is 4.56. The number of hydrogen-bond acceptors (Lipinski definition) is 4. The van der Waals surface area contributed by atoms with Crippen LogP contribution in [0, 0.1) is 0 Å². The zero-order valence-electron chi connectivity index (χ0n) is 12.4. The summed E-state index contributed by atoms with van der Waals surface area (Å²) in [4.78, 5) is 5.51. The Hall–Kier alpha value is -1.04. The van der Waals surface area contributed by atoms with Crippen LogP contribution < -0.4 is 5.32 Å². The average molecular weight is 325 g/mol. The summed E-state index contributed by atoms with van der Waals surface area (Å²) >= 11 is 7.85. The Kier molecular flexibility index (Phi) is 6.54. The van der Waals surface area contributed by atoms with Crippen LogP contribution in [0.25, 0.3) is 0 Å². The van der Waals surface area contributed by atoms with Crippen LogP contribution in [-0.2, 0) is 13.5 Å². The van der Waals surface area contributed by atoms with Gasteiger partial charge in [-0.1, -0.05) is 24.6 Å². The van der Waals surface area contributed by atoms with Crippen LogP contribution in [0.2, 0.25) is 5.02 Å². The molecule has 114 valence electrons. The summed E-state index contributed by atoms with van der Waals surface area (Å²) in [6.07, 6.45) is 3.61. The molecule has 0 aliphatic rings. The Labute approximate surface area is 135 Å². The van der Waals surface area contributed by atoms with E-state index in [-0.39, 0.29) is 0 Å². The molecule has 1 N–H and O–H groups in total. The van der Waals surface area contributed by atoms with Gasteiger partial charge >= 0.3 is 0 Å². The fraction of sp³-hybridized carbons (Fsp3) is 0.467. The first-order chi connectivity index (χ1) is 10.2. The minimum Gasteiger partial charge on any atom is -0.313 e. The largest absolute Gasteiger partial charge is 0.313 e. The fourth-order valence-electron chi connectivity index (χ4n) is 2.02. The van der Waals surface area contributed by atoms with Gasteiger partial charge in [0.05, 0.1) is 0 Å². The SMILES string of the molecule is CCCNC(CSc1cccc(Cl)c1)Cc1ncnn1C. The van der Waals surface area contributed by atoms with Crippen molar-refractivity contribution in [3.8, 4) is 0 Å². The van der Waals surface area contributed by atoms with E-state index in [0.29, 0.717) is 6.04 Å². The van der Waals surface area contributed by atoms with Gasteiger partial charge in [0.2, 0.25) is 0 Å². The Morgan fingerprint density at radius 2 is 2.29 bits per heavy atom. The highest BCUT2D eigenvalue weighted by Gasteiger charge is 2.13. The molecule has 0 bridgehead atoms. The first-order valence-electron chi connectivity index (χ1n) is 7.13. The highest BCUT2D eigenvalue weighted by atomic mass is 35.5. The van der Waals surface area contributed by atoms with Crippen molar-refractivity contribution >= 4 is 23.4 Å². The lowest BCUT2D eigenvalue weighted by Crippen LogP contribution is -2.34. The third kappa shape index (κ3) is 5.34. The predicted octanol–water partition coefficient (Wildman–Crippen LogP) is 3.17. The molecule has 0 spiro atoms.